The van der Waals surface area contributed by atoms with Gasteiger partial charge in [0.1, 0.15) is 0 Å². The number of hydrogen-bond acceptors (Lipinski definition) is 3. The summed E-state index contributed by atoms with van der Waals surface area (Å²) in [6.07, 6.45) is 4.84. The fraction of sp³-hybridized carbons (Fsp3) is 0.625. The van der Waals surface area contributed by atoms with Gasteiger partial charge in [-0.05, 0) is 31.7 Å². The van der Waals surface area contributed by atoms with E-state index in [0.717, 1.165) is 19.5 Å². The van der Waals surface area contributed by atoms with Crippen LogP contribution in [0.1, 0.15) is 42.9 Å². The van der Waals surface area contributed by atoms with Crippen molar-refractivity contribution in [1.82, 2.24) is 4.90 Å². The number of aliphatic hydroxyl groups is 1. The van der Waals surface area contributed by atoms with Gasteiger partial charge in [-0.15, -0.1) is 0 Å². The summed E-state index contributed by atoms with van der Waals surface area (Å²) in [6, 6.07) is 9.23. The zero-order chi connectivity index (χ0) is 13.7. The van der Waals surface area contributed by atoms with Crippen molar-refractivity contribution in [2.75, 3.05) is 19.7 Å². The lowest BCUT2D eigenvalue weighted by Gasteiger charge is -2.37. The molecule has 0 aliphatic heterocycles. The van der Waals surface area contributed by atoms with Gasteiger partial charge in [-0.3, -0.25) is 4.90 Å². The van der Waals surface area contributed by atoms with Crippen LogP contribution < -0.4 is 5.73 Å². The quantitative estimate of drug-likeness (QED) is 0.792. The van der Waals surface area contributed by atoms with E-state index >= 15 is 0 Å². The van der Waals surface area contributed by atoms with E-state index in [-0.39, 0.29) is 12.6 Å². The van der Waals surface area contributed by atoms with Crippen LogP contribution in [0.4, 0.5) is 0 Å². The van der Waals surface area contributed by atoms with Crippen LogP contribution in [-0.2, 0) is 0 Å². The first kappa shape index (κ1) is 14.5. The van der Waals surface area contributed by atoms with Crippen molar-refractivity contribution in [1.29, 1.82) is 0 Å². The second-order valence-electron chi connectivity index (χ2n) is 5.65. The summed E-state index contributed by atoms with van der Waals surface area (Å²) in [5.74, 6) is 0. The first-order valence-corrected chi connectivity index (χ1v) is 7.38. The van der Waals surface area contributed by atoms with Crippen LogP contribution in [0.5, 0.6) is 0 Å². The third-order valence-electron chi connectivity index (χ3n) is 4.18. The average molecular weight is 262 g/mol. The molecular weight excluding hydrogens is 236 g/mol. The Bertz CT molecular complexity index is 390. The van der Waals surface area contributed by atoms with Crippen molar-refractivity contribution >= 4 is 0 Å². The molecule has 0 heterocycles. The van der Waals surface area contributed by atoms with E-state index in [1.54, 1.807) is 0 Å². The first-order chi connectivity index (χ1) is 9.20. The molecule has 1 aliphatic carbocycles. The van der Waals surface area contributed by atoms with Crippen molar-refractivity contribution in [2.24, 2.45) is 5.73 Å². The van der Waals surface area contributed by atoms with Crippen LogP contribution in [0, 0.1) is 6.92 Å². The van der Waals surface area contributed by atoms with Crippen LogP contribution in [0.2, 0.25) is 0 Å². The lowest BCUT2D eigenvalue weighted by atomic mass is 9.91. The van der Waals surface area contributed by atoms with E-state index < -0.39 is 0 Å². The molecule has 1 unspecified atom stereocenters. The molecule has 0 aromatic heterocycles. The number of nitrogens with zero attached hydrogens (tertiary/aromatic N) is 1. The van der Waals surface area contributed by atoms with Gasteiger partial charge in [0.05, 0.1) is 6.61 Å². The normalized spacial score (nSPS) is 17.5. The van der Waals surface area contributed by atoms with Gasteiger partial charge in [0.15, 0.2) is 0 Å². The van der Waals surface area contributed by atoms with Crippen molar-refractivity contribution < 1.29 is 5.11 Å². The summed E-state index contributed by atoms with van der Waals surface area (Å²) >= 11 is 0. The Morgan fingerprint density at radius 3 is 2.74 bits per heavy atom. The number of aryl methyl sites for hydroxylation is 1. The minimum absolute atomic E-state index is 0.0983. The highest BCUT2D eigenvalue weighted by molar-refractivity contribution is 5.24. The molecule has 3 N–H and O–H groups in total. The molecule has 1 aromatic carbocycles. The fourth-order valence-electron chi connectivity index (χ4n) is 2.73. The van der Waals surface area contributed by atoms with Crippen LogP contribution in [0.15, 0.2) is 24.3 Å². The molecule has 0 amide bonds. The maximum Gasteiger partial charge on any atom is 0.0558 e. The van der Waals surface area contributed by atoms with Gasteiger partial charge in [0, 0.05) is 25.2 Å². The van der Waals surface area contributed by atoms with Crippen molar-refractivity contribution in [3.05, 3.63) is 35.4 Å². The second kappa shape index (κ2) is 7.04. The van der Waals surface area contributed by atoms with E-state index in [0.29, 0.717) is 6.04 Å². The lowest BCUT2D eigenvalue weighted by Crippen LogP contribution is -2.43. The van der Waals surface area contributed by atoms with E-state index in [9.17, 15) is 0 Å². The van der Waals surface area contributed by atoms with Crippen molar-refractivity contribution in [3.8, 4) is 0 Å². The van der Waals surface area contributed by atoms with Gasteiger partial charge in [-0.2, -0.15) is 0 Å². The highest BCUT2D eigenvalue weighted by Crippen LogP contribution is 2.25. The summed E-state index contributed by atoms with van der Waals surface area (Å²) in [5, 5.41) is 9.15. The predicted molar refractivity (Wildman–Crippen MR) is 79.0 cm³/mol. The van der Waals surface area contributed by atoms with Crippen LogP contribution >= 0.6 is 0 Å². The zero-order valence-corrected chi connectivity index (χ0v) is 11.9. The largest absolute Gasteiger partial charge is 0.395 e. The number of nitrogens with two attached hydrogens (primary N) is 1. The zero-order valence-electron chi connectivity index (χ0n) is 11.9. The number of aliphatic hydroxyl groups excluding tert-OH is 1. The van der Waals surface area contributed by atoms with Crippen molar-refractivity contribution in [2.45, 2.75) is 44.7 Å². The molecule has 0 saturated heterocycles. The molecular formula is C16H26N2O. The van der Waals surface area contributed by atoms with Crippen molar-refractivity contribution in [3.63, 3.8) is 0 Å². The number of benzene rings is 1. The number of rotatable bonds is 7. The molecule has 1 atom stereocenters. The smallest absolute Gasteiger partial charge is 0.0558 e. The minimum atomic E-state index is 0.0983. The Kier molecular flexibility index (Phi) is 5.37. The maximum atomic E-state index is 9.15. The summed E-state index contributed by atoms with van der Waals surface area (Å²) in [5.41, 5.74) is 8.76. The van der Waals surface area contributed by atoms with Gasteiger partial charge in [-0.25, -0.2) is 0 Å². The summed E-state index contributed by atoms with van der Waals surface area (Å²) in [4.78, 5) is 2.40. The molecule has 0 bridgehead atoms. The molecule has 19 heavy (non-hydrogen) atoms. The predicted octanol–water partition coefficient (Wildman–Crippen LogP) is 2.23. The number of hydrogen-bond donors (Lipinski definition) is 2. The Hall–Kier alpha value is -0.900. The van der Waals surface area contributed by atoms with Gasteiger partial charge < -0.3 is 10.8 Å². The van der Waals surface area contributed by atoms with Crippen LogP contribution in [0.25, 0.3) is 0 Å². The minimum Gasteiger partial charge on any atom is -0.395 e. The summed E-state index contributed by atoms with van der Waals surface area (Å²) in [6.45, 7) is 4.12. The van der Waals surface area contributed by atoms with E-state index in [2.05, 4.69) is 36.1 Å². The highest BCUT2D eigenvalue weighted by Gasteiger charge is 2.24. The van der Waals surface area contributed by atoms with Crippen LogP contribution in [-0.4, -0.2) is 35.7 Å². The molecule has 0 radical (unpaired) electrons. The van der Waals surface area contributed by atoms with Gasteiger partial charge in [0.2, 0.25) is 0 Å². The van der Waals surface area contributed by atoms with Gasteiger partial charge in [-0.1, -0.05) is 36.2 Å². The van der Waals surface area contributed by atoms with E-state index in [4.69, 9.17) is 10.8 Å². The first-order valence-electron chi connectivity index (χ1n) is 7.38. The fourth-order valence-corrected chi connectivity index (χ4v) is 2.73. The molecule has 3 heteroatoms. The topological polar surface area (TPSA) is 49.5 Å². The summed E-state index contributed by atoms with van der Waals surface area (Å²) < 4.78 is 0. The maximum absolute atomic E-state index is 9.15. The molecule has 106 valence electrons. The SMILES string of the molecule is Cc1cccc(C(N)CCN(CCO)C2CCC2)c1. The Balaban J connectivity index is 1.85. The Morgan fingerprint density at radius 1 is 1.37 bits per heavy atom. The third kappa shape index (κ3) is 4.03. The molecule has 1 aliphatic rings. The molecule has 0 spiro atoms. The molecule has 3 nitrogen and oxygen atoms in total. The molecule has 1 saturated carbocycles. The standard InChI is InChI=1S/C16H26N2O/c1-13-4-2-5-14(12-13)16(17)8-9-18(10-11-19)15-6-3-7-15/h2,4-5,12,15-16,19H,3,6-11,17H2,1H3. The van der Waals surface area contributed by atoms with E-state index in [1.165, 1.54) is 30.4 Å². The molecule has 1 fully saturated rings. The average Bonchev–Trinajstić information content (AvgIpc) is 2.33. The van der Waals surface area contributed by atoms with E-state index in [1.807, 2.05) is 0 Å². The lowest BCUT2D eigenvalue weighted by molar-refractivity contribution is 0.0982. The molecule has 1 aromatic rings. The van der Waals surface area contributed by atoms with Crippen LogP contribution in [0.3, 0.4) is 0 Å². The summed E-state index contributed by atoms with van der Waals surface area (Å²) in [7, 11) is 0. The Morgan fingerprint density at radius 2 is 2.16 bits per heavy atom. The molecule has 2 rings (SSSR count). The third-order valence-corrected chi connectivity index (χ3v) is 4.18. The van der Waals surface area contributed by atoms with Gasteiger partial charge >= 0.3 is 0 Å². The second-order valence-corrected chi connectivity index (χ2v) is 5.65. The highest BCUT2D eigenvalue weighted by atomic mass is 16.3. The Labute approximate surface area is 116 Å². The van der Waals surface area contributed by atoms with Gasteiger partial charge in [0.25, 0.3) is 0 Å². The monoisotopic (exact) mass is 262 g/mol.